The predicted octanol–water partition coefficient (Wildman–Crippen LogP) is 0.147. The quantitative estimate of drug-likeness (QED) is 0.539. The highest BCUT2D eigenvalue weighted by Crippen LogP contribution is 2.07. The normalized spacial score (nSPS) is 8.83. The molecule has 0 aliphatic rings. The highest BCUT2D eigenvalue weighted by molar-refractivity contribution is 5.51. The number of nitrogen functional groups attached to an aromatic ring is 1. The van der Waals surface area contributed by atoms with Crippen molar-refractivity contribution in [3.63, 3.8) is 0 Å². The Hall–Kier alpha value is -1.60. The van der Waals surface area contributed by atoms with E-state index in [0.717, 1.165) is 12.3 Å². The summed E-state index contributed by atoms with van der Waals surface area (Å²) in [4.78, 5) is 3.63. The van der Waals surface area contributed by atoms with E-state index in [1.807, 2.05) is 0 Å². The molecule has 0 fully saturated rings. The minimum absolute atomic E-state index is 0.177. The number of hydrogen-bond acceptors (Lipinski definition) is 3. The van der Waals surface area contributed by atoms with Crippen LogP contribution in [0.3, 0.4) is 0 Å². The van der Waals surface area contributed by atoms with E-state index in [2.05, 4.69) is 16.8 Å². The molecule has 12 heavy (non-hydrogen) atoms. The van der Waals surface area contributed by atoms with Crippen LogP contribution in [0.5, 0.6) is 0 Å². The van der Waals surface area contributed by atoms with Crippen LogP contribution in [0.4, 0.5) is 10.1 Å². The number of halogens is 1. The summed E-state index contributed by atoms with van der Waals surface area (Å²) in [6.45, 7) is -0.265. The van der Waals surface area contributed by atoms with Crippen LogP contribution in [0.1, 0.15) is 5.69 Å². The SMILES string of the molecule is Nc1cc(F)cnc1C#CCO. The third-order valence-electron chi connectivity index (χ3n) is 1.17. The van der Waals surface area contributed by atoms with Crippen LogP contribution in [0, 0.1) is 17.7 Å². The van der Waals surface area contributed by atoms with Gasteiger partial charge in [-0.25, -0.2) is 9.37 Å². The van der Waals surface area contributed by atoms with E-state index in [-0.39, 0.29) is 18.0 Å². The van der Waals surface area contributed by atoms with Gasteiger partial charge in [-0.15, -0.1) is 0 Å². The van der Waals surface area contributed by atoms with Crippen molar-refractivity contribution in [2.24, 2.45) is 0 Å². The highest BCUT2D eigenvalue weighted by atomic mass is 19.1. The van der Waals surface area contributed by atoms with Crippen LogP contribution in [-0.4, -0.2) is 16.7 Å². The molecule has 3 nitrogen and oxygen atoms in total. The van der Waals surface area contributed by atoms with E-state index in [1.165, 1.54) is 0 Å². The van der Waals surface area contributed by atoms with Gasteiger partial charge in [-0.3, -0.25) is 0 Å². The number of rotatable bonds is 0. The molecular weight excluding hydrogens is 159 g/mol. The minimum atomic E-state index is -0.498. The van der Waals surface area contributed by atoms with Crippen LogP contribution >= 0.6 is 0 Å². The first kappa shape index (κ1) is 8.50. The molecule has 0 amide bonds. The van der Waals surface area contributed by atoms with Gasteiger partial charge < -0.3 is 10.8 Å². The first-order chi connectivity index (χ1) is 5.74. The Morgan fingerprint density at radius 1 is 1.67 bits per heavy atom. The number of hydrogen-bond donors (Lipinski definition) is 2. The zero-order chi connectivity index (χ0) is 8.97. The van der Waals surface area contributed by atoms with Crippen molar-refractivity contribution in [1.82, 2.24) is 4.98 Å². The molecular formula is C8H7FN2O. The number of anilines is 1. The van der Waals surface area contributed by atoms with Crippen molar-refractivity contribution in [1.29, 1.82) is 0 Å². The molecule has 0 saturated carbocycles. The lowest BCUT2D eigenvalue weighted by molar-refractivity contribution is 0.350. The summed E-state index contributed by atoms with van der Waals surface area (Å²) < 4.78 is 12.4. The fourth-order valence-electron chi connectivity index (χ4n) is 0.683. The summed E-state index contributed by atoms with van der Waals surface area (Å²) >= 11 is 0. The Balaban J connectivity index is 3.01. The van der Waals surface area contributed by atoms with Gasteiger partial charge in [0.1, 0.15) is 18.1 Å². The molecule has 1 aromatic heterocycles. The molecule has 1 rings (SSSR count). The Bertz CT molecular complexity index is 341. The van der Waals surface area contributed by atoms with Gasteiger partial charge in [0.05, 0.1) is 11.9 Å². The van der Waals surface area contributed by atoms with Crippen LogP contribution in [0.25, 0.3) is 0 Å². The number of nitrogens with zero attached hydrogens (tertiary/aromatic N) is 1. The molecule has 0 aromatic carbocycles. The zero-order valence-electron chi connectivity index (χ0n) is 6.21. The molecule has 4 heteroatoms. The van der Waals surface area contributed by atoms with Gasteiger partial charge in [-0.1, -0.05) is 5.92 Å². The number of aliphatic hydroxyl groups is 1. The number of pyridine rings is 1. The topological polar surface area (TPSA) is 59.1 Å². The average molecular weight is 166 g/mol. The number of aliphatic hydroxyl groups excluding tert-OH is 1. The lowest BCUT2D eigenvalue weighted by Gasteiger charge is -1.95. The van der Waals surface area contributed by atoms with Crippen molar-refractivity contribution < 1.29 is 9.50 Å². The van der Waals surface area contributed by atoms with Gasteiger partial charge in [-0.05, 0) is 5.92 Å². The maximum absolute atomic E-state index is 12.4. The smallest absolute Gasteiger partial charge is 0.143 e. The summed E-state index contributed by atoms with van der Waals surface area (Å²) in [5, 5.41) is 8.36. The van der Waals surface area contributed by atoms with Gasteiger partial charge >= 0.3 is 0 Å². The lowest BCUT2D eigenvalue weighted by Crippen LogP contribution is -1.94. The summed E-state index contributed by atoms with van der Waals surface area (Å²) in [5.41, 5.74) is 5.84. The molecule has 0 saturated heterocycles. The second-order valence-corrected chi connectivity index (χ2v) is 2.05. The molecule has 3 N–H and O–H groups in total. The summed E-state index contributed by atoms with van der Waals surface area (Å²) in [6.07, 6.45) is 1.03. The van der Waals surface area contributed by atoms with E-state index in [0.29, 0.717) is 0 Å². The van der Waals surface area contributed by atoms with Crippen molar-refractivity contribution >= 4 is 5.69 Å². The van der Waals surface area contributed by atoms with Crippen LogP contribution in [-0.2, 0) is 0 Å². The monoisotopic (exact) mass is 166 g/mol. The fraction of sp³-hybridized carbons (Fsp3) is 0.125. The van der Waals surface area contributed by atoms with E-state index in [4.69, 9.17) is 10.8 Å². The standard InChI is InChI=1S/C8H7FN2O/c9-6-4-7(10)8(11-5-6)2-1-3-12/h4-5,12H,3,10H2. The van der Waals surface area contributed by atoms with Gasteiger partial charge in [0, 0.05) is 6.07 Å². The van der Waals surface area contributed by atoms with E-state index in [1.54, 1.807) is 0 Å². The van der Waals surface area contributed by atoms with Crippen molar-refractivity contribution in [3.8, 4) is 11.8 Å². The Kier molecular flexibility index (Phi) is 2.62. The maximum Gasteiger partial charge on any atom is 0.143 e. The van der Waals surface area contributed by atoms with Crippen LogP contribution in [0.15, 0.2) is 12.3 Å². The van der Waals surface area contributed by atoms with Crippen molar-refractivity contribution in [3.05, 3.63) is 23.8 Å². The molecule has 0 atom stereocenters. The molecule has 0 radical (unpaired) electrons. The Labute approximate surface area is 69.0 Å². The summed E-state index contributed by atoms with van der Waals surface area (Å²) in [6, 6.07) is 1.13. The first-order valence-electron chi connectivity index (χ1n) is 3.25. The molecule has 1 heterocycles. The molecule has 62 valence electrons. The van der Waals surface area contributed by atoms with Crippen LogP contribution < -0.4 is 5.73 Å². The Morgan fingerprint density at radius 2 is 2.42 bits per heavy atom. The zero-order valence-corrected chi connectivity index (χ0v) is 6.21. The third-order valence-corrected chi connectivity index (χ3v) is 1.17. The maximum atomic E-state index is 12.4. The van der Waals surface area contributed by atoms with Crippen molar-refractivity contribution in [2.45, 2.75) is 0 Å². The van der Waals surface area contributed by atoms with Gasteiger partial charge in [0.15, 0.2) is 0 Å². The minimum Gasteiger partial charge on any atom is -0.396 e. The Morgan fingerprint density at radius 3 is 3.00 bits per heavy atom. The van der Waals surface area contributed by atoms with E-state index < -0.39 is 5.82 Å². The van der Waals surface area contributed by atoms with Gasteiger partial charge in [0.2, 0.25) is 0 Å². The van der Waals surface area contributed by atoms with Crippen molar-refractivity contribution in [2.75, 3.05) is 12.3 Å². The van der Waals surface area contributed by atoms with E-state index in [9.17, 15) is 4.39 Å². The molecule has 0 unspecified atom stereocenters. The van der Waals surface area contributed by atoms with Gasteiger partial charge in [0.25, 0.3) is 0 Å². The first-order valence-corrected chi connectivity index (χ1v) is 3.25. The third kappa shape index (κ3) is 1.94. The summed E-state index contributed by atoms with van der Waals surface area (Å²) in [7, 11) is 0. The second-order valence-electron chi connectivity index (χ2n) is 2.05. The summed E-state index contributed by atoms with van der Waals surface area (Å²) in [5.74, 6) is 4.35. The molecule has 0 spiro atoms. The highest BCUT2D eigenvalue weighted by Gasteiger charge is 1.97. The molecule has 0 aliphatic heterocycles. The van der Waals surface area contributed by atoms with Crippen LogP contribution in [0.2, 0.25) is 0 Å². The largest absolute Gasteiger partial charge is 0.396 e. The number of nitrogens with two attached hydrogens (primary N) is 1. The molecule has 0 bridgehead atoms. The lowest BCUT2D eigenvalue weighted by atomic mass is 10.3. The molecule has 0 aliphatic carbocycles. The van der Waals surface area contributed by atoms with E-state index >= 15 is 0 Å². The second kappa shape index (κ2) is 3.69. The fourth-order valence-corrected chi connectivity index (χ4v) is 0.683. The average Bonchev–Trinajstić information content (AvgIpc) is 2.03. The predicted molar refractivity (Wildman–Crippen MR) is 42.6 cm³/mol. The molecule has 1 aromatic rings. The van der Waals surface area contributed by atoms with Gasteiger partial charge in [-0.2, -0.15) is 0 Å². The number of aromatic nitrogens is 1.